The molecule has 1 aromatic carbocycles. The molecule has 1 aliphatic heterocycles. The van der Waals surface area contributed by atoms with E-state index in [4.69, 9.17) is 10.5 Å². The van der Waals surface area contributed by atoms with Gasteiger partial charge in [-0.05, 0) is 18.5 Å². The second-order valence-corrected chi connectivity index (χ2v) is 3.59. The summed E-state index contributed by atoms with van der Waals surface area (Å²) in [5.74, 6) is 1.62. The average Bonchev–Trinajstić information content (AvgIpc) is 2.50. The number of ether oxygens (including phenoxy) is 1. The molecule has 0 saturated carbocycles. The van der Waals surface area contributed by atoms with Crippen LogP contribution in [0.3, 0.4) is 0 Å². The van der Waals surface area contributed by atoms with E-state index in [-0.39, 0.29) is 0 Å². The minimum Gasteiger partial charge on any atom is -0.492 e. The molecule has 1 unspecified atom stereocenters. The molecule has 1 aromatic rings. The highest BCUT2D eigenvalue weighted by atomic mass is 16.5. The molecule has 1 aliphatic rings. The van der Waals surface area contributed by atoms with Crippen molar-refractivity contribution in [3.05, 3.63) is 29.3 Å². The molecule has 13 heavy (non-hydrogen) atoms. The summed E-state index contributed by atoms with van der Waals surface area (Å²) in [7, 11) is 0. The summed E-state index contributed by atoms with van der Waals surface area (Å²) in [5, 5.41) is 0. The summed E-state index contributed by atoms with van der Waals surface area (Å²) >= 11 is 0. The Hall–Kier alpha value is -1.02. The van der Waals surface area contributed by atoms with Crippen molar-refractivity contribution in [2.75, 3.05) is 13.2 Å². The number of fused-ring (bicyclic) bond motifs is 1. The first-order valence-electron chi connectivity index (χ1n) is 4.77. The Bertz CT molecular complexity index is 309. The van der Waals surface area contributed by atoms with E-state index in [1.165, 1.54) is 11.1 Å². The molecule has 0 amide bonds. The van der Waals surface area contributed by atoms with Crippen LogP contribution in [0.25, 0.3) is 0 Å². The molecule has 2 heteroatoms. The first-order chi connectivity index (χ1) is 6.33. The van der Waals surface area contributed by atoms with Crippen molar-refractivity contribution >= 4 is 0 Å². The van der Waals surface area contributed by atoms with Crippen molar-refractivity contribution in [2.45, 2.75) is 19.3 Å². The van der Waals surface area contributed by atoms with Gasteiger partial charge in [-0.2, -0.15) is 0 Å². The van der Waals surface area contributed by atoms with Gasteiger partial charge in [0.25, 0.3) is 0 Å². The SMILES string of the molecule is CC1COc2c(CCN)cccc21. The predicted octanol–water partition coefficient (Wildman–Crippen LogP) is 1.68. The smallest absolute Gasteiger partial charge is 0.126 e. The second-order valence-electron chi connectivity index (χ2n) is 3.59. The molecular formula is C11H15NO. The van der Waals surface area contributed by atoms with E-state index >= 15 is 0 Å². The lowest BCUT2D eigenvalue weighted by atomic mass is 10.00. The maximum atomic E-state index is 5.64. The first-order valence-corrected chi connectivity index (χ1v) is 4.77. The molecule has 0 spiro atoms. The Morgan fingerprint density at radius 3 is 3.15 bits per heavy atom. The van der Waals surface area contributed by atoms with Gasteiger partial charge in [-0.25, -0.2) is 0 Å². The summed E-state index contributed by atoms with van der Waals surface area (Å²) in [6.45, 7) is 3.70. The summed E-state index contributed by atoms with van der Waals surface area (Å²) < 4.78 is 5.64. The Labute approximate surface area is 78.7 Å². The molecule has 0 fully saturated rings. The van der Waals surface area contributed by atoms with Gasteiger partial charge in [0.2, 0.25) is 0 Å². The van der Waals surface area contributed by atoms with Gasteiger partial charge in [-0.3, -0.25) is 0 Å². The van der Waals surface area contributed by atoms with Gasteiger partial charge in [0.05, 0.1) is 6.61 Å². The highest BCUT2D eigenvalue weighted by molar-refractivity contribution is 5.46. The number of hydrogen-bond acceptors (Lipinski definition) is 2. The molecule has 0 aliphatic carbocycles. The van der Waals surface area contributed by atoms with E-state index in [2.05, 4.69) is 25.1 Å². The van der Waals surface area contributed by atoms with E-state index < -0.39 is 0 Å². The maximum Gasteiger partial charge on any atom is 0.126 e. The minimum absolute atomic E-state index is 0.535. The Morgan fingerprint density at radius 2 is 2.38 bits per heavy atom. The van der Waals surface area contributed by atoms with Crippen LogP contribution in [0, 0.1) is 0 Å². The zero-order chi connectivity index (χ0) is 9.26. The normalized spacial score (nSPS) is 19.7. The quantitative estimate of drug-likeness (QED) is 0.746. The zero-order valence-corrected chi connectivity index (χ0v) is 7.92. The number of rotatable bonds is 2. The monoisotopic (exact) mass is 177 g/mol. The lowest BCUT2D eigenvalue weighted by Gasteiger charge is -2.06. The van der Waals surface area contributed by atoms with E-state index in [9.17, 15) is 0 Å². The lowest BCUT2D eigenvalue weighted by molar-refractivity contribution is 0.334. The molecule has 1 atom stereocenters. The van der Waals surface area contributed by atoms with Crippen LogP contribution in [0.4, 0.5) is 0 Å². The summed E-state index contributed by atoms with van der Waals surface area (Å²) in [6, 6.07) is 6.34. The molecule has 2 N–H and O–H groups in total. The zero-order valence-electron chi connectivity index (χ0n) is 7.92. The van der Waals surface area contributed by atoms with Crippen molar-refractivity contribution < 1.29 is 4.74 Å². The molecule has 0 radical (unpaired) electrons. The standard InChI is InChI=1S/C11H15NO/c1-8-7-13-11-9(5-6-12)3-2-4-10(8)11/h2-4,8H,5-7,12H2,1H3. The van der Waals surface area contributed by atoms with Crippen molar-refractivity contribution in [3.63, 3.8) is 0 Å². The number of para-hydroxylation sites is 1. The number of hydrogen-bond donors (Lipinski definition) is 1. The number of nitrogens with two attached hydrogens (primary N) is 1. The molecule has 0 aromatic heterocycles. The predicted molar refractivity (Wildman–Crippen MR) is 53.1 cm³/mol. The Balaban J connectivity index is 2.38. The van der Waals surface area contributed by atoms with Gasteiger partial charge in [-0.1, -0.05) is 25.1 Å². The number of benzene rings is 1. The molecule has 2 nitrogen and oxygen atoms in total. The molecule has 0 bridgehead atoms. The molecule has 1 heterocycles. The fraction of sp³-hybridized carbons (Fsp3) is 0.455. The highest BCUT2D eigenvalue weighted by Crippen LogP contribution is 2.36. The van der Waals surface area contributed by atoms with Crippen LogP contribution in [-0.2, 0) is 6.42 Å². The van der Waals surface area contributed by atoms with Crippen LogP contribution < -0.4 is 10.5 Å². The van der Waals surface area contributed by atoms with Crippen molar-refractivity contribution in [1.82, 2.24) is 0 Å². The van der Waals surface area contributed by atoms with E-state index in [1.807, 2.05) is 0 Å². The van der Waals surface area contributed by atoms with Gasteiger partial charge in [0.1, 0.15) is 5.75 Å². The lowest BCUT2D eigenvalue weighted by Crippen LogP contribution is -2.03. The Morgan fingerprint density at radius 1 is 1.54 bits per heavy atom. The van der Waals surface area contributed by atoms with Gasteiger partial charge < -0.3 is 10.5 Å². The van der Waals surface area contributed by atoms with E-state index in [1.54, 1.807) is 0 Å². The first kappa shape index (κ1) is 8.57. The van der Waals surface area contributed by atoms with Crippen molar-refractivity contribution in [2.24, 2.45) is 5.73 Å². The third kappa shape index (κ3) is 1.42. The molecule has 0 saturated heterocycles. The third-order valence-electron chi connectivity index (χ3n) is 2.55. The average molecular weight is 177 g/mol. The van der Waals surface area contributed by atoms with Crippen LogP contribution >= 0.6 is 0 Å². The molecule has 70 valence electrons. The minimum atomic E-state index is 0.535. The van der Waals surface area contributed by atoms with E-state index in [0.717, 1.165) is 18.8 Å². The van der Waals surface area contributed by atoms with Gasteiger partial charge in [-0.15, -0.1) is 0 Å². The fourth-order valence-electron chi connectivity index (χ4n) is 1.82. The van der Waals surface area contributed by atoms with Crippen LogP contribution in [-0.4, -0.2) is 13.2 Å². The summed E-state index contributed by atoms with van der Waals surface area (Å²) in [6.07, 6.45) is 0.913. The molecule has 2 rings (SSSR count). The van der Waals surface area contributed by atoms with Crippen LogP contribution in [0.2, 0.25) is 0 Å². The third-order valence-corrected chi connectivity index (χ3v) is 2.55. The van der Waals surface area contributed by atoms with Crippen LogP contribution in [0.15, 0.2) is 18.2 Å². The molecular weight excluding hydrogens is 162 g/mol. The largest absolute Gasteiger partial charge is 0.492 e. The van der Waals surface area contributed by atoms with E-state index in [0.29, 0.717) is 12.5 Å². The Kier molecular flexibility index (Phi) is 2.23. The topological polar surface area (TPSA) is 35.2 Å². The summed E-state index contributed by atoms with van der Waals surface area (Å²) in [4.78, 5) is 0. The summed E-state index contributed by atoms with van der Waals surface area (Å²) in [5.41, 5.74) is 8.13. The maximum absolute atomic E-state index is 5.64. The van der Waals surface area contributed by atoms with Gasteiger partial charge >= 0.3 is 0 Å². The van der Waals surface area contributed by atoms with Gasteiger partial charge in [0, 0.05) is 11.5 Å². The van der Waals surface area contributed by atoms with Crippen molar-refractivity contribution in [3.8, 4) is 5.75 Å². The van der Waals surface area contributed by atoms with Crippen LogP contribution in [0.5, 0.6) is 5.75 Å². The second kappa shape index (κ2) is 3.38. The van der Waals surface area contributed by atoms with Crippen LogP contribution in [0.1, 0.15) is 24.0 Å². The van der Waals surface area contributed by atoms with Gasteiger partial charge in [0.15, 0.2) is 0 Å². The highest BCUT2D eigenvalue weighted by Gasteiger charge is 2.21. The fourth-order valence-corrected chi connectivity index (χ4v) is 1.82. The van der Waals surface area contributed by atoms with Crippen molar-refractivity contribution in [1.29, 1.82) is 0 Å².